The van der Waals surface area contributed by atoms with E-state index in [0.717, 1.165) is 24.3 Å². The first-order valence-electron chi connectivity index (χ1n) is 5.84. The quantitative estimate of drug-likeness (QED) is 0.813. The van der Waals surface area contributed by atoms with Crippen LogP contribution in [0, 0.1) is 16.7 Å². The van der Waals surface area contributed by atoms with Crippen molar-refractivity contribution in [1.82, 2.24) is 0 Å². The Morgan fingerprint density at radius 1 is 1.35 bits per heavy atom. The number of nitrogens with zero attached hydrogens (tertiary/aromatic N) is 2. The summed E-state index contributed by atoms with van der Waals surface area (Å²) in [5.74, 6) is 0. The summed E-state index contributed by atoms with van der Waals surface area (Å²) in [7, 11) is 2.01. The van der Waals surface area contributed by atoms with Crippen molar-refractivity contribution < 1.29 is 0 Å². The van der Waals surface area contributed by atoms with Crippen molar-refractivity contribution in [3.05, 3.63) is 23.8 Å². The molecular formula is C14H21N3. The van der Waals surface area contributed by atoms with E-state index >= 15 is 0 Å². The number of anilines is 2. The zero-order valence-electron chi connectivity index (χ0n) is 11.1. The van der Waals surface area contributed by atoms with Crippen LogP contribution in [-0.2, 0) is 0 Å². The van der Waals surface area contributed by atoms with E-state index in [2.05, 4.69) is 31.7 Å². The molecular weight excluding hydrogens is 210 g/mol. The third-order valence-electron chi connectivity index (χ3n) is 2.77. The average molecular weight is 231 g/mol. The van der Waals surface area contributed by atoms with Crippen molar-refractivity contribution in [2.24, 2.45) is 5.41 Å². The van der Waals surface area contributed by atoms with Crippen LogP contribution in [0.3, 0.4) is 0 Å². The van der Waals surface area contributed by atoms with Crippen LogP contribution in [-0.4, -0.2) is 13.6 Å². The Labute approximate surface area is 104 Å². The Morgan fingerprint density at radius 3 is 2.53 bits per heavy atom. The number of nitriles is 1. The van der Waals surface area contributed by atoms with E-state index in [1.165, 1.54) is 0 Å². The minimum atomic E-state index is 0.301. The summed E-state index contributed by atoms with van der Waals surface area (Å²) in [6.45, 7) is 7.59. The fourth-order valence-corrected chi connectivity index (χ4v) is 1.57. The van der Waals surface area contributed by atoms with Crippen LogP contribution in [0.4, 0.5) is 11.4 Å². The molecule has 1 aromatic rings. The first-order valence-corrected chi connectivity index (χ1v) is 5.84. The molecule has 3 nitrogen and oxygen atoms in total. The molecule has 0 radical (unpaired) electrons. The highest BCUT2D eigenvalue weighted by Gasteiger charge is 2.13. The number of nitrogen functional groups attached to an aromatic ring is 1. The van der Waals surface area contributed by atoms with Crippen LogP contribution >= 0.6 is 0 Å². The topological polar surface area (TPSA) is 53.0 Å². The highest BCUT2D eigenvalue weighted by molar-refractivity contribution is 5.69. The van der Waals surface area contributed by atoms with E-state index in [-0.39, 0.29) is 0 Å². The molecule has 0 saturated heterocycles. The Hall–Kier alpha value is -1.69. The van der Waals surface area contributed by atoms with Crippen molar-refractivity contribution in [3.63, 3.8) is 0 Å². The lowest BCUT2D eigenvalue weighted by molar-refractivity contribution is 0.382. The molecule has 0 amide bonds. The number of hydrogen-bond donors (Lipinski definition) is 1. The lowest BCUT2D eigenvalue weighted by Gasteiger charge is -2.26. The maximum Gasteiger partial charge on any atom is 0.0992 e. The summed E-state index contributed by atoms with van der Waals surface area (Å²) in [5, 5.41) is 8.88. The third kappa shape index (κ3) is 3.99. The molecule has 2 N–H and O–H groups in total. The molecule has 1 aromatic carbocycles. The molecule has 0 atom stereocenters. The second-order valence-electron chi connectivity index (χ2n) is 5.62. The van der Waals surface area contributed by atoms with Gasteiger partial charge < -0.3 is 10.6 Å². The van der Waals surface area contributed by atoms with Gasteiger partial charge in [-0.1, -0.05) is 20.8 Å². The highest BCUT2D eigenvalue weighted by Crippen LogP contribution is 2.26. The Kier molecular flexibility index (Phi) is 4.01. The summed E-state index contributed by atoms with van der Waals surface area (Å²) in [6, 6.07) is 7.52. The minimum absolute atomic E-state index is 0.301. The molecule has 0 bridgehead atoms. The lowest BCUT2D eigenvalue weighted by atomic mass is 9.92. The van der Waals surface area contributed by atoms with Gasteiger partial charge in [0.05, 0.1) is 23.0 Å². The third-order valence-corrected chi connectivity index (χ3v) is 2.77. The molecule has 17 heavy (non-hydrogen) atoms. The van der Waals surface area contributed by atoms with Crippen LogP contribution in [0.5, 0.6) is 0 Å². The number of benzene rings is 1. The van der Waals surface area contributed by atoms with Crippen molar-refractivity contribution in [1.29, 1.82) is 5.26 Å². The summed E-state index contributed by atoms with van der Waals surface area (Å²) < 4.78 is 0. The molecule has 0 saturated carbocycles. The molecule has 1 rings (SSSR count). The summed E-state index contributed by atoms with van der Waals surface area (Å²) in [4.78, 5) is 2.11. The van der Waals surface area contributed by atoms with Crippen LogP contribution in [0.15, 0.2) is 18.2 Å². The van der Waals surface area contributed by atoms with Gasteiger partial charge in [0, 0.05) is 13.6 Å². The van der Waals surface area contributed by atoms with Gasteiger partial charge in [-0.2, -0.15) is 5.26 Å². The van der Waals surface area contributed by atoms with E-state index < -0.39 is 0 Å². The second kappa shape index (κ2) is 5.09. The number of rotatable bonds is 3. The zero-order valence-corrected chi connectivity index (χ0v) is 11.1. The number of nitrogens with two attached hydrogens (primary N) is 1. The predicted molar refractivity (Wildman–Crippen MR) is 72.9 cm³/mol. The SMILES string of the molecule is CN(CCC(C)(C)C)c1cc(C#N)ccc1N. The number of hydrogen-bond acceptors (Lipinski definition) is 3. The molecule has 0 spiro atoms. The van der Waals surface area contributed by atoms with E-state index in [0.29, 0.717) is 11.0 Å². The van der Waals surface area contributed by atoms with Crippen LogP contribution in [0.25, 0.3) is 0 Å². The van der Waals surface area contributed by atoms with Gasteiger partial charge in [0.25, 0.3) is 0 Å². The standard InChI is InChI=1S/C14H21N3/c1-14(2,3)7-8-17(4)13-9-11(10-15)5-6-12(13)16/h5-6,9H,7-8,16H2,1-4H3. The largest absolute Gasteiger partial charge is 0.397 e. The predicted octanol–water partition coefficient (Wildman–Crippen LogP) is 3.01. The zero-order chi connectivity index (χ0) is 13.1. The normalized spacial score (nSPS) is 11.0. The molecule has 0 unspecified atom stereocenters. The van der Waals surface area contributed by atoms with E-state index in [9.17, 15) is 0 Å². The first kappa shape index (κ1) is 13.4. The van der Waals surface area contributed by atoms with Crippen LogP contribution in [0.1, 0.15) is 32.8 Å². The summed E-state index contributed by atoms with van der Waals surface area (Å²) in [6.07, 6.45) is 1.08. The Bertz CT molecular complexity index is 424. The van der Waals surface area contributed by atoms with Crippen LogP contribution in [0.2, 0.25) is 0 Å². The van der Waals surface area contributed by atoms with E-state index in [1.54, 1.807) is 12.1 Å². The Morgan fingerprint density at radius 2 is 2.00 bits per heavy atom. The maximum absolute atomic E-state index is 8.88. The van der Waals surface area contributed by atoms with Crippen LogP contribution < -0.4 is 10.6 Å². The van der Waals surface area contributed by atoms with Gasteiger partial charge in [-0.25, -0.2) is 0 Å². The minimum Gasteiger partial charge on any atom is -0.397 e. The summed E-state index contributed by atoms with van der Waals surface area (Å²) in [5.41, 5.74) is 8.55. The molecule has 0 aromatic heterocycles. The van der Waals surface area contributed by atoms with Crippen molar-refractivity contribution in [2.45, 2.75) is 27.2 Å². The van der Waals surface area contributed by atoms with E-state index in [1.807, 2.05) is 13.1 Å². The van der Waals surface area contributed by atoms with Crippen molar-refractivity contribution >= 4 is 11.4 Å². The molecule has 92 valence electrons. The van der Waals surface area contributed by atoms with Gasteiger partial charge in [-0.15, -0.1) is 0 Å². The Balaban J connectivity index is 2.82. The molecule has 0 aliphatic carbocycles. The molecule has 0 aliphatic rings. The van der Waals surface area contributed by atoms with Gasteiger partial charge in [0.15, 0.2) is 0 Å². The molecule has 3 heteroatoms. The molecule has 0 heterocycles. The van der Waals surface area contributed by atoms with Gasteiger partial charge >= 0.3 is 0 Å². The van der Waals surface area contributed by atoms with Gasteiger partial charge in [0.1, 0.15) is 0 Å². The molecule has 0 fully saturated rings. The fraction of sp³-hybridized carbons (Fsp3) is 0.500. The fourth-order valence-electron chi connectivity index (χ4n) is 1.57. The summed E-state index contributed by atoms with van der Waals surface area (Å²) >= 11 is 0. The monoisotopic (exact) mass is 231 g/mol. The second-order valence-corrected chi connectivity index (χ2v) is 5.62. The van der Waals surface area contributed by atoms with Crippen molar-refractivity contribution in [3.8, 4) is 6.07 Å². The average Bonchev–Trinajstić information content (AvgIpc) is 2.25. The van der Waals surface area contributed by atoms with E-state index in [4.69, 9.17) is 11.0 Å². The van der Waals surface area contributed by atoms with Crippen molar-refractivity contribution in [2.75, 3.05) is 24.2 Å². The maximum atomic E-state index is 8.88. The van der Waals surface area contributed by atoms with Gasteiger partial charge in [0.2, 0.25) is 0 Å². The van der Waals surface area contributed by atoms with Gasteiger partial charge in [-0.3, -0.25) is 0 Å². The molecule has 0 aliphatic heterocycles. The van der Waals surface area contributed by atoms with Gasteiger partial charge in [-0.05, 0) is 30.0 Å². The first-order chi connectivity index (χ1) is 7.83. The lowest BCUT2D eigenvalue weighted by Crippen LogP contribution is -2.23. The highest BCUT2D eigenvalue weighted by atomic mass is 15.1. The smallest absolute Gasteiger partial charge is 0.0992 e.